The highest BCUT2D eigenvalue weighted by Gasteiger charge is 2.36. The number of aliphatic hydroxyl groups is 1. The van der Waals surface area contributed by atoms with Crippen LogP contribution in [0.15, 0.2) is 18.2 Å². The van der Waals surface area contributed by atoms with Crippen LogP contribution in [0.5, 0.6) is 5.75 Å². The second-order valence-corrected chi connectivity index (χ2v) is 5.76. The molecule has 1 aliphatic rings. The smallest absolute Gasteiger partial charge is 0.306 e. The summed E-state index contributed by atoms with van der Waals surface area (Å²) in [5.41, 5.74) is -0.817. The van der Waals surface area contributed by atoms with E-state index in [1.54, 1.807) is 18.2 Å². The number of carboxylic acid groups (broad SMARTS) is 1. The summed E-state index contributed by atoms with van der Waals surface area (Å²) in [6.45, 7) is 0.0222. The van der Waals surface area contributed by atoms with Crippen LogP contribution in [0.4, 0.5) is 0 Å². The molecule has 0 spiro atoms. The molecule has 0 atom stereocenters. The SMILES string of the molecule is N#Cc1c(Cl)cccc1OCC1(O)CCC(C(=O)O)CC1. The second kappa shape index (κ2) is 6.33. The number of hydrogen-bond donors (Lipinski definition) is 2. The quantitative estimate of drug-likeness (QED) is 0.892. The number of nitrogens with zero attached hydrogens (tertiary/aromatic N) is 1. The lowest BCUT2D eigenvalue weighted by Crippen LogP contribution is -2.41. The van der Waals surface area contributed by atoms with Crippen molar-refractivity contribution in [3.8, 4) is 11.8 Å². The Morgan fingerprint density at radius 1 is 1.48 bits per heavy atom. The van der Waals surface area contributed by atoms with Crippen LogP contribution in [-0.4, -0.2) is 28.4 Å². The molecule has 1 aliphatic carbocycles. The van der Waals surface area contributed by atoms with Gasteiger partial charge in [0, 0.05) is 0 Å². The molecule has 2 rings (SSSR count). The van der Waals surface area contributed by atoms with E-state index in [-0.39, 0.29) is 12.2 Å². The van der Waals surface area contributed by atoms with Crippen molar-refractivity contribution in [3.05, 3.63) is 28.8 Å². The molecule has 112 valence electrons. The van der Waals surface area contributed by atoms with Crippen LogP contribution in [0.2, 0.25) is 5.02 Å². The van der Waals surface area contributed by atoms with Gasteiger partial charge in [0.25, 0.3) is 0 Å². The molecule has 6 heteroatoms. The third-order valence-corrected chi connectivity index (χ3v) is 4.16. The van der Waals surface area contributed by atoms with Gasteiger partial charge in [0.1, 0.15) is 24.0 Å². The number of carboxylic acids is 1. The number of halogens is 1. The summed E-state index contributed by atoms with van der Waals surface area (Å²) in [6, 6.07) is 6.86. The maximum absolute atomic E-state index is 10.9. The van der Waals surface area contributed by atoms with Crippen LogP contribution < -0.4 is 4.74 Å². The lowest BCUT2D eigenvalue weighted by atomic mass is 9.79. The number of aliphatic carboxylic acids is 1. The van der Waals surface area contributed by atoms with E-state index in [0.717, 1.165) is 0 Å². The predicted molar refractivity (Wildman–Crippen MR) is 76.2 cm³/mol. The van der Waals surface area contributed by atoms with Gasteiger partial charge in [-0.05, 0) is 37.8 Å². The van der Waals surface area contributed by atoms with Crippen molar-refractivity contribution in [2.24, 2.45) is 5.92 Å². The van der Waals surface area contributed by atoms with Gasteiger partial charge in [-0.3, -0.25) is 4.79 Å². The molecule has 0 unspecified atom stereocenters. The van der Waals surface area contributed by atoms with Crippen LogP contribution in [0.25, 0.3) is 0 Å². The summed E-state index contributed by atoms with van der Waals surface area (Å²) >= 11 is 5.91. The maximum Gasteiger partial charge on any atom is 0.306 e. The van der Waals surface area contributed by atoms with Crippen LogP contribution in [0.1, 0.15) is 31.2 Å². The van der Waals surface area contributed by atoms with Gasteiger partial charge in [-0.25, -0.2) is 0 Å². The van der Waals surface area contributed by atoms with E-state index >= 15 is 0 Å². The number of benzene rings is 1. The minimum absolute atomic E-state index is 0.0222. The van der Waals surface area contributed by atoms with Crippen LogP contribution in [0.3, 0.4) is 0 Å². The van der Waals surface area contributed by atoms with E-state index in [1.165, 1.54) is 0 Å². The van der Waals surface area contributed by atoms with E-state index in [2.05, 4.69) is 0 Å². The van der Waals surface area contributed by atoms with Gasteiger partial charge < -0.3 is 14.9 Å². The zero-order valence-electron chi connectivity index (χ0n) is 11.4. The first kappa shape index (κ1) is 15.6. The predicted octanol–water partition coefficient (Wildman–Crippen LogP) is 2.60. The molecule has 0 bridgehead atoms. The fourth-order valence-corrected chi connectivity index (χ4v) is 2.70. The summed E-state index contributed by atoms with van der Waals surface area (Å²) in [6.07, 6.45) is 1.59. The summed E-state index contributed by atoms with van der Waals surface area (Å²) in [7, 11) is 0. The van der Waals surface area contributed by atoms with Crippen LogP contribution in [0, 0.1) is 17.2 Å². The molecule has 21 heavy (non-hydrogen) atoms. The summed E-state index contributed by atoms with van der Waals surface area (Å²) in [5, 5.41) is 28.7. The number of carbonyl (C=O) groups is 1. The zero-order chi connectivity index (χ0) is 15.5. The fraction of sp³-hybridized carbons (Fsp3) is 0.467. The maximum atomic E-state index is 10.9. The molecular weight excluding hydrogens is 294 g/mol. The van der Waals surface area contributed by atoms with Crippen LogP contribution >= 0.6 is 11.6 Å². The van der Waals surface area contributed by atoms with Gasteiger partial charge in [0.15, 0.2) is 0 Å². The standard InChI is InChI=1S/C15H16ClNO4/c16-12-2-1-3-13(11(12)8-17)21-9-15(20)6-4-10(5-7-15)14(18)19/h1-3,10,20H,4-7,9H2,(H,18,19). The van der Waals surface area contributed by atoms with Crippen molar-refractivity contribution in [1.29, 1.82) is 5.26 Å². The van der Waals surface area contributed by atoms with Gasteiger partial charge in [0.05, 0.1) is 16.5 Å². The average molecular weight is 310 g/mol. The molecule has 0 aliphatic heterocycles. The van der Waals surface area contributed by atoms with Crippen molar-refractivity contribution in [1.82, 2.24) is 0 Å². The third-order valence-electron chi connectivity index (χ3n) is 3.85. The Morgan fingerprint density at radius 2 is 2.14 bits per heavy atom. The molecular formula is C15H16ClNO4. The number of rotatable bonds is 4. The molecule has 2 N–H and O–H groups in total. The average Bonchev–Trinajstić information content (AvgIpc) is 2.46. The lowest BCUT2D eigenvalue weighted by Gasteiger charge is -2.34. The van der Waals surface area contributed by atoms with E-state index in [0.29, 0.717) is 36.5 Å². The van der Waals surface area contributed by atoms with E-state index in [1.807, 2.05) is 6.07 Å². The van der Waals surface area contributed by atoms with Crippen LogP contribution in [-0.2, 0) is 4.79 Å². The van der Waals surface area contributed by atoms with Crippen molar-refractivity contribution in [2.45, 2.75) is 31.3 Å². The normalized spacial score (nSPS) is 25.1. The Morgan fingerprint density at radius 3 is 2.71 bits per heavy atom. The Hall–Kier alpha value is -1.77. The number of ether oxygens (including phenoxy) is 1. The van der Waals surface area contributed by atoms with E-state index in [9.17, 15) is 9.90 Å². The Balaban J connectivity index is 1.99. The largest absolute Gasteiger partial charge is 0.489 e. The minimum Gasteiger partial charge on any atom is -0.489 e. The number of hydrogen-bond acceptors (Lipinski definition) is 4. The molecule has 5 nitrogen and oxygen atoms in total. The zero-order valence-corrected chi connectivity index (χ0v) is 12.1. The lowest BCUT2D eigenvalue weighted by molar-refractivity contribution is -0.145. The van der Waals surface area contributed by atoms with E-state index in [4.69, 9.17) is 26.7 Å². The summed E-state index contributed by atoms with van der Waals surface area (Å²) < 4.78 is 5.54. The molecule has 1 aromatic rings. The van der Waals surface area contributed by atoms with Gasteiger partial charge in [-0.15, -0.1) is 0 Å². The van der Waals surface area contributed by atoms with Crippen molar-refractivity contribution in [3.63, 3.8) is 0 Å². The Kier molecular flexibility index (Phi) is 4.71. The van der Waals surface area contributed by atoms with Gasteiger partial charge in [-0.2, -0.15) is 5.26 Å². The molecule has 1 aromatic carbocycles. The Labute approximate surface area is 127 Å². The highest BCUT2D eigenvalue weighted by atomic mass is 35.5. The molecule has 0 aromatic heterocycles. The first-order chi connectivity index (χ1) is 9.95. The fourth-order valence-electron chi connectivity index (χ4n) is 2.49. The van der Waals surface area contributed by atoms with E-state index < -0.39 is 17.5 Å². The second-order valence-electron chi connectivity index (χ2n) is 5.35. The topological polar surface area (TPSA) is 90.5 Å². The molecule has 0 saturated heterocycles. The Bertz CT molecular complexity index is 574. The van der Waals surface area contributed by atoms with Crippen molar-refractivity contribution < 1.29 is 19.7 Å². The highest BCUT2D eigenvalue weighted by molar-refractivity contribution is 6.31. The number of nitriles is 1. The minimum atomic E-state index is -1.05. The molecule has 0 amide bonds. The molecule has 0 heterocycles. The third kappa shape index (κ3) is 3.66. The molecule has 1 fully saturated rings. The molecule has 0 radical (unpaired) electrons. The summed E-state index contributed by atoms with van der Waals surface area (Å²) in [5.74, 6) is -0.885. The van der Waals surface area contributed by atoms with Crippen molar-refractivity contribution >= 4 is 17.6 Å². The van der Waals surface area contributed by atoms with Gasteiger partial charge >= 0.3 is 5.97 Å². The first-order valence-electron chi connectivity index (χ1n) is 6.72. The van der Waals surface area contributed by atoms with Gasteiger partial charge in [-0.1, -0.05) is 17.7 Å². The summed E-state index contributed by atoms with van der Waals surface area (Å²) in [4.78, 5) is 10.9. The monoisotopic (exact) mass is 309 g/mol. The van der Waals surface area contributed by atoms with Crippen molar-refractivity contribution in [2.75, 3.05) is 6.61 Å². The van der Waals surface area contributed by atoms with Gasteiger partial charge in [0.2, 0.25) is 0 Å². The highest BCUT2D eigenvalue weighted by Crippen LogP contribution is 2.33. The first-order valence-corrected chi connectivity index (χ1v) is 7.09. The molecule has 1 saturated carbocycles.